The van der Waals surface area contributed by atoms with Crippen LogP contribution in [0.1, 0.15) is 5.82 Å². The second-order valence-electron chi connectivity index (χ2n) is 4.95. The number of halogens is 2. The number of anilines is 3. The molecule has 0 unspecified atom stereocenters. The number of nitrogen functional groups attached to an aromatic ring is 1. The fourth-order valence-electron chi connectivity index (χ4n) is 1.71. The Hall–Kier alpha value is -1.77. The van der Waals surface area contributed by atoms with Crippen LogP contribution in [0.3, 0.4) is 0 Å². The number of benzene rings is 1. The summed E-state index contributed by atoms with van der Waals surface area (Å²) in [5.41, 5.74) is 6.14. The molecule has 24 heavy (non-hydrogen) atoms. The lowest BCUT2D eigenvalue weighted by Gasteiger charge is -2.11. The second-order valence-corrected chi connectivity index (χ2v) is 6.72. The molecule has 0 aliphatic carbocycles. The number of aromatic nitrogens is 3. The largest absolute Gasteiger partial charge is 0.368 e. The van der Waals surface area contributed by atoms with Gasteiger partial charge in [0, 0.05) is 14.1 Å². The first kappa shape index (κ1) is 18.6. The third-order valence-electron chi connectivity index (χ3n) is 2.78. The summed E-state index contributed by atoms with van der Waals surface area (Å²) in [5, 5.41) is 3.42. The van der Waals surface area contributed by atoms with Crippen LogP contribution in [-0.2, 0) is 10.5 Å². The van der Waals surface area contributed by atoms with Gasteiger partial charge in [-0.05, 0) is 12.1 Å². The lowest BCUT2D eigenvalue weighted by atomic mass is 10.3. The fourth-order valence-corrected chi connectivity index (χ4v) is 2.73. The fraction of sp³-hybridized carbons (Fsp3) is 0.286. The van der Waals surface area contributed by atoms with Crippen molar-refractivity contribution < 1.29 is 4.79 Å². The zero-order valence-corrected chi connectivity index (χ0v) is 15.4. The average molecular weight is 387 g/mol. The van der Waals surface area contributed by atoms with Crippen molar-refractivity contribution in [2.45, 2.75) is 5.75 Å². The molecule has 0 spiro atoms. The van der Waals surface area contributed by atoms with E-state index >= 15 is 0 Å². The predicted molar refractivity (Wildman–Crippen MR) is 99.8 cm³/mol. The molecule has 0 radical (unpaired) electrons. The lowest BCUT2D eigenvalue weighted by molar-refractivity contribution is -0.113. The number of hydrogen-bond acceptors (Lipinski definition) is 7. The van der Waals surface area contributed by atoms with E-state index in [4.69, 9.17) is 28.9 Å². The topological polar surface area (TPSA) is 97.0 Å². The lowest BCUT2D eigenvalue weighted by Crippen LogP contribution is -2.17. The Labute approximate surface area is 154 Å². The summed E-state index contributed by atoms with van der Waals surface area (Å²) in [6.07, 6.45) is 0. The van der Waals surface area contributed by atoms with Gasteiger partial charge in [-0.3, -0.25) is 4.79 Å². The zero-order chi connectivity index (χ0) is 17.7. The maximum atomic E-state index is 12.0. The van der Waals surface area contributed by atoms with Gasteiger partial charge < -0.3 is 16.0 Å². The van der Waals surface area contributed by atoms with Crippen LogP contribution in [0.2, 0.25) is 10.0 Å². The number of carbonyl (C=O) groups excluding carboxylic acids is 1. The van der Waals surface area contributed by atoms with Crippen molar-refractivity contribution in [2.24, 2.45) is 0 Å². The average Bonchev–Trinajstić information content (AvgIpc) is 2.51. The highest BCUT2D eigenvalue weighted by molar-refractivity contribution is 7.99. The molecule has 0 saturated heterocycles. The number of rotatable bonds is 6. The van der Waals surface area contributed by atoms with E-state index in [1.54, 1.807) is 23.1 Å². The van der Waals surface area contributed by atoms with E-state index in [2.05, 4.69) is 20.3 Å². The number of hydrogen-bond donors (Lipinski definition) is 2. The summed E-state index contributed by atoms with van der Waals surface area (Å²) < 4.78 is 0. The minimum absolute atomic E-state index is 0.152. The monoisotopic (exact) mass is 386 g/mol. The molecule has 128 valence electrons. The van der Waals surface area contributed by atoms with Gasteiger partial charge in [0.25, 0.3) is 0 Å². The van der Waals surface area contributed by atoms with Crippen LogP contribution in [0, 0.1) is 0 Å². The Morgan fingerprint density at radius 2 is 2.04 bits per heavy atom. The van der Waals surface area contributed by atoms with E-state index in [0.29, 0.717) is 33.3 Å². The molecule has 0 fully saturated rings. The van der Waals surface area contributed by atoms with Gasteiger partial charge >= 0.3 is 0 Å². The molecule has 1 aromatic carbocycles. The molecule has 0 aliphatic heterocycles. The van der Waals surface area contributed by atoms with Crippen LogP contribution < -0.4 is 16.0 Å². The number of carbonyl (C=O) groups is 1. The molecule has 2 aromatic rings. The molecule has 1 heterocycles. The molecule has 1 amide bonds. The van der Waals surface area contributed by atoms with E-state index in [1.807, 2.05) is 14.1 Å². The van der Waals surface area contributed by atoms with Crippen molar-refractivity contribution >= 4 is 58.5 Å². The summed E-state index contributed by atoms with van der Waals surface area (Å²) in [6.45, 7) is 0. The van der Waals surface area contributed by atoms with E-state index in [0.717, 1.165) is 0 Å². The molecule has 0 atom stereocenters. The van der Waals surface area contributed by atoms with Crippen molar-refractivity contribution in [3.05, 3.63) is 34.1 Å². The van der Waals surface area contributed by atoms with Gasteiger partial charge in [0.2, 0.25) is 17.8 Å². The van der Waals surface area contributed by atoms with Gasteiger partial charge in [0.05, 0.1) is 27.2 Å². The Morgan fingerprint density at radius 1 is 1.29 bits per heavy atom. The predicted octanol–water partition coefficient (Wildman–Crippen LogP) is 2.70. The van der Waals surface area contributed by atoms with Crippen LogP contribution in [0.25, 0.3) is 0 Å². The van der Waals surface area contributed by atoms with Crippen LogP contribution in [0.4, 0.5) is 17.6 Å². The van der Waals surface area contributed by atoms with Crippen LogP contribution in [-0.4, -0.2) is 40.7 Å². The first-order valence-corrected chi connectivity index (χ1v) is 8.77. The van der Waals surface area contributed by atoms with Gasteiger partial charge in [-0.25, -0.2) is 0 Å². The SMILES string of the molecule is CN(C)c1nc(N)nc(CSCC(=O)Nc2cccc(Cl)c2Cl)n1. The minimum atomic E-state index is -0.195. The van der Waals surface area contributed by atoms with Crippen molar-refractivity contribution in [3.63, 3.8) is 0 Å². The summed E-state index contributed by atoms with van der Waals surface area (Å²) in [7, 11) is 3.63. The highest BCUT2D eigenvalue weighted by Gasteiger charge is 2.10. The molecule has 2 rings (SSSR count). The maximum Gasteiger partial charge on any atom is 0.234 e. The smallest absolute Gasteiger partial charge is 0.234 e. The third-order valence-corrected chi connectivity index (χ3v) is 4.52. The van der Waals surface area contributed by atoms with Crippen molar-refractivity contribution in [3.8, 4) is 0 Å². The van der Waals surface area contributed by atoms with Gasteiger partial charge in [-0.1, -0.05) is 29.3 Å². The summed E-state index contributed by atoms with van der Waals surface area (Å²) >= 11 is 13.3. The van der Waals surface area contributed by atoms with Crippen molar-refractivity contribution in [1.29, 1.82) is 0 Å². The normalized spacial score (nSPS) is 10.5. The molecule has 3 N–H and O–H groups in total. The van der Waals surface area contributed by atoms with Crippen molar-refractivity contribution in [1.82, 2.24) is 15.0 Å². The second kappa shape index (κ2) is 8.36. The van der Waals surface area contributed by atoms with E-state index in [1.165, 1.54) is 11.8 Å². The molecule has 10 heteroatoms. The highest BCUT2D eigenvalue weighted by atomic mass is 35.5. The minimum Gasteiger partial charge on any atom is -0.368 e. The highest BCUT2D eigenvalue weighted by Crippen LogP contribution is 2.29. The Balaban J connectivity index is 1.90. The van der Waals surface area contributed by atoms with Gasteiger partial charge in [-0.2, -0.15) is 15.0 Å². The maximum absolute atomic E-state index is 12.0. The van der Waals surface area contributed by atoms with Crippen LogP contribution in [0.5, 0.6) is 0 Å². The van der Waals surface area contributed by atoms with Crippen LogP contribution in [0.15, 0.2) is 18.2 Å². The molecular formula is C14H16Cl2N6OS. The van der Waals surface area contributed by atoms with E-state index in [9.17, 15) is 4.79 Å². The number of nitrogens with two attached hydrogens (primary N) is 1. The number of nitrogens with zero attached hydrogens (tertiary/aromatic N) is 4. The van der Waals surface area contributed by atoms with Gasteiger partial charge in [-0.15, -0.1) is 11.8 Å². The number of nitrogens with one attached hydrogen (secondary N) is 1. The molecule has 0 aliphatic rings. The quantitative estimate of drug-likeness (QED) is 0.787. The first-order chi connectivity index (χ1) is 11.4. The van der Waals surface area contributed by atoms with Gasteiger partial charge in [0.1, 0.15) is 5.82 Å². The molecular weight excluding hydrogens is 371 g/mol. The summed E-state index contributed by atoms with van der Waals surface area (Å²) in [6, 6.07) is 5.06. The molecule has 0 saturated carbocycles. The van der Waals surface area contributed by atoms with E-state index in [-0.39, 0.29) is 17.6 Å². The summed E-state index contributed by atoms with van der Waals surface area (Å²) in [4.78, 5) is 26.1. The first-order valence-electron chi connectivity index (χ1n) is 6.86. The van der Waals surface area contributed by atoms with E-state index < -0.39 is 0 Å². The zero-order valence-electron chi connectivity index (χ0n) is 13.1. The summed E-state index contributed by atoms with van der Waals surface area (Å²) in [5.74, 6) is 1.60. The Morgan fingerprint density at radius 3 is 2.75 bits per heavy atom. The molecule has 7 nitrogen and oxygen atoms in total. The standard InChI is InChI=1S/C14H16Cl2N6OS/c1-22(2)14-20-10(19-13(17)21-14)6-24-7-11(23)18-9-5-3-4-8(15)12(9)16/h3-5H,6-7H2,1-2H3,(H,18,23)(H2,17,19,20,21). The third kappa shape index (κ3) is 5.12. The Bertz CT molecular complexity index is 743. The van der Waals surface area contributed by atoms with Crippen molar-refractivity contribution in [2.75, 3.05) is 35.8 Å². The number of amides is 1. The molecule has 1 aromatic heterocycles. The molecule has 0 bridgehead atoms. The number of thioether (sulfide) groups is 1. The Kier molecular flexibility index (Phi) is 6.47. The van der Waals surface area contributed by atoms with Crippen LogP contribution >= 0.6 is 35.0 Å². The van der Waals surface area contributed by atoms with Gasteiger partial charge in [0.15, 0.2) is 0 Å².